The van der Waals surface area contributed by atoms with E-state index in [0.717, 1.165) is 44.6 Å². The van der Waals surface area contributed by atoms with Crippen LogP contribution in [0.25, 0.3) is 0 Å². The number of hydrogen-bond donors (Lipinski definition) is 2. The normalized spacial score (nSPS) is 24.8. The molecule has 2 fully saturated rings. The molecule has 158 valence electrons. The molecule has 1 aromatic rings. The summed E-state index contributed by atoms with van der Waals surface area (Å²) in [5, 5.41) is 7.01. The number of nitrogens with one attached hydrogen (secondary N) is 2. The zero-order chi connectivity index (χ0) is 20.2. The van der Waals surface area contributed by atoms with Gasteiger partial charge in [-0.25, -0.2) is 0 Å². The third-order valence-electron chi connectivity index (χ3n) is 6.64. The highest BCUT2D eigenvalue weighted by Gasteiger charge is 2.35. The zero-order valence-electron chi connectivity index (χ0n) is 17.1. The minimum absolute atomic E-state index is 0.0343. The van der Waals surface area contributed by atoms with Crippen molar-refractivity contribution >= 4 is 23.2 Å². The van der Waals surface area contributed by atoms with Crippen LogP contribution in [0.15, 0.2) is 23.0 Å². The van der Waals surface area contributed by atoms with Gasteiger partial charge in [0.15, 0.2) is 5.11 Å². The number of carbonyl (C=O) groups is 1. The molecule has 1 saturated heterocycles. The predicted octanol–water partition coefficient (Wildman–Crippen LogP) is 2.37. The Morgan fingerprint density at radius 3 is 2.62 bits per heavy atom. The van der Waals surface area contributed by atoms with Gasteiger partial charge in [0.1, 0.15) is 0 Å². The first-order valence-corrected chi connectivity index (χ1v) is 11.5. The number of piperidine rings is 1. The average molecular weight is 417 g/mol. The lowest BCUT2D eigenvalue weighted by Gasteiger charge is -2.43. The molecule has 7 heteroatoms. The van der Waals surface area contributed by atoms with Gasteiger partial charge in [-0.1, -0.05) is 38.2 Å². The molecule has 6 nitrogen and oxygen atoms in total. The van der Waals surface area contributed by atoms with E-state index in [1.54, 1.807) is 6.07 Å². The van der Waals surface area contributed by atoms with Gasteiger partial charge in [-0.05, 0) is 43.5 Å². The summed E-state index contributed by atoms with van der Waals surface area (Å²) in [6.07, 6.45) is 9.57. The van der Waals surface area contributed by atoms with Crippen LogP contribution >= 0.6 is 12.2 Å². The summed E-state index contributed by atoms with van der Waals surface area (Å²) in [5.41, 5.74) is 1.21. The molecule has 2 unspecified atom stereocenters. The topological polar surface area (TPSA) is 66.4 Å². The number of nitrogens with zero attached hydrogens (tertiary/aromatic N) is 2. The molecule has 1 amide bonds. The molecule has 0 radical (unpaired) electrons. The number of pyridine rings is 1. The molecule has 0 aromatic carbocycles. The molecule has 0 spiro atoms. The van der Waals surface area contributed by atoms with Crippen molar-refractivity contribution in [2.45, 2.75) is 69.9 Å². The highest BCUT2D eigenvalue weighted by atomic mass is 32.1. The fourth-order valence-corrected chi connectivity index (χ4v) is 5.43. The fourth-order valence-electron chi connectivity index (χ4n) is 5.21. The fraction of sp³-hybridized carbons (Fsp3) is 0.682. The van der Waals surface area contributed by atoms with Crippen LogP contribution in [0.4, 0.5) is 0 Å². The number of likely N-dealkylation sites (tertiary alicyclic amines) is 1. The smallest absolute Gasteiger partial charge is 0.250 e. The summed E-state index contributed by atoms with van der Waals surface area (Å²) >= 11 is 5.60. The van der Waals surface area contributed by atoms with E-state index in [2.05, 4.69) is 21.6 Å². The Balaban J connectivity index is 1.28. The average Bonchev–Trinajstić information content (AvgIpc) is 2.69. The second kappa shape index (κ2) is 9.28. The van der Waals surface area contributed by atoms with Crippen molar-refractivity contribution in [1.82, 2.24) is 20.1 Å². The lowest BCUT2D eigenvalue weighted by atomic mass is 9.83. The van der Waals surface area contributed by atoms with Gasteiger partial charge in [-0.2, -0.15) is 0 Å². The third-order valence-corrected chi connectivity index (χ3v) is 7.04. The lowest BCUT2D eigenvalue weighted by Crippen LogP contribution is -2.53. The Kier molecular flexibility index (Phi) is 6.53. The molecule has 2 bridgehead atoms. The molecule has 1 aliphatic carbocycles. The molecule has 2 aliphatic heterocycles. The summed E-state index contributed by atoms with van der Waals surface area (Å²) in [4.78, 5) is 26.7. The van der Waals surface area contributed by atoms with E-state index in [1.165, 1.54) is 32.1 Å². The maximum Gasteiger partial charge on any atom is 0.250 e. The monoisotopic (exact) mass is 416 g/mol. The molecule has 4 rings (SSSR count). The van der Waals surface area contributed by atoms with Crippen molar-refractivity contribution < 1.29 is 4.79 Å². The van der Waals surface area contributed by atoms with E-state index < -0.39 is 0 Å². The zero-order valence-corrected chi connectivity index (χ0v) is 17.9. The Hall–Kier alpha value is -1.89. The quantitative estimate of drug-likeness (QED) is 0.741. The molecule has 3 aliphatic rings. The standard InChI is InChI=1S/C22H32N4O2S/c27-20(24-18-7-4-2-1-3-5-8-18)12-23-22(29)25-13-16-11-17(15-25)19-9-6-10-21(28)26(19)14-16/h6,9-10,16-18H,1-5,7-8,11-15H2,(H,23,29)(H,24,27). The van der Waals surface area contributed by atoms with Crippen molar-refractivity contribution in [2.75, 3.05) is 19.6 Å². The van der Waals surface area contributed by atoms with Crippen molar-refractivity contribution in [1.29, 1.82) is 0 Å². The Bertz CT molecular complexity index is 800. The SMILES string of the molecule is O=C(CNC(=S)N1CC2CC(C1)c1cccc(=O)n1C2)NC1CCCCCCC1. The third kappa shape index (κ3) is 5.00. The summed E-state index contributed by atoms with van der Waals surface area (Å²) in [5.74, 6) is 0.775. The van der Waals surface area contributed by atoms with Crippen molar-refractivity contribution in [3.63, 3.8) is 0 Å². The highest BCUT2D eigenvalue weighted by Crippen LogP contribution is 2.34. The Labute approximate surface area is 178 Å². The van der Waals surface area contributed by atoms with Gasteiger partial charge in [-0.3, -0.25) is 9.59 Å². The van der Waals surface area contributed by atoms with Crippen molar-refractivity contribution in [2.24, 2.45) is 5.92 Å². The summed E-state index contributed by atoms with van der Waals surface area (Å²) < 4.78 is 1.93. The molecular weight excluding hydrogens is 384 g/mol. The van der Waals surface area contributed by atoms with Crippen LogP contribution in [0.1, 0.15) is 63.0 Å². The lowest BCUT2D eigenvalue weighted by molar-refractivity contribution is -0.120. The molecule has 2 atom stereocenters. The van der Waals surface area contributed by atoms with E-state index in [1.807, 2.05) is 10.6 Å². The molecule has 1 aromatic heterocycles. The predicted molar refractivity (Wildman–Crippen MR) is 118 cm³/mol. The van der Waals surface area contributed by atoms with Gasteiger partial charge in [0, 0.05) is 43.4 Å². The summed E-state index contributed by atoms with van der Waals surface area (Å²) in [6, 6.07) is 5.86. The molecule has 29 heavy (non-hydrogen) atoms. The first-order chi connectivity index (χ1) is 14.1. The van der Waals surface area contributed by atoms with E-state index in [9.17, 15) is 9.59 Å². The molecule has 1 saturated carbocycles. The van der Waals surface area contributed by atoms with Gasteiger partial charge < -0.3 is 20.1 Å². The minimum atomic E-state index is 0.0343. The van der Waals surface area contributed by atoms with E-state index >= 15 is 0 Å². The van der Waals surface area contributed by atoms with Gasteiger partial charge >= 0.3 is 0 Å². The number of fused-ring (bicyclic) bond motifs is 4. The number of aromatic nitrogens is 1. The van der Waals surface area contributed by atoms with Gasteiger partial charge in [0.2, 0.25) is 5.91 Å². The van der Waals surface area contributed by atoms with Crippen LogP contribution in [0.2, 0.25) is 0 Å². The van der Waals surface area contributed by atoms with Crippen molar-refractivity contribution in [3.05, 3.63) is 34.2 Å². The second-order valence-corrected chi connectivity index (χ2v) is 9.26. The second-order valence-electron chi connectivity index (χ2n) is 8.87. The van der Waals surface area contributed by atoms with Crippen LogP contribution in [0.3, 0.4) is 0 Å². The maximum absolute atomic E-state index is 12.4. The van der Waals surface area contributed by atoms with Gasteiger partial charge in [0.25, 0.3) is 5.56 Å². The minimum Gasteiger partial charge on any atom is -0.354 e. The van der Waals surface area contributed by atoms with Crippen LogP contribution in [0, 0.1) is 5.92 Å². The van der Waals surface area contributed by atoms with Gasteiger partial charge in [0.05, 0.1) is 6.54 Å². The van der Waals surface area contributed by atoms with E-state index in [0.29, 0.717) is 23.0 Å². The molecular formula is C22H32N4O2S. The first kappa shape index (κ1) is 20.4. The van der Waals surface area contributed by atoms with E-state index in [4.69, 9.17) is 12.2 Å². The number of carbonyl (C=O) groups excluding carboxylic acids is 1. The van der Waals surface area contributed by atoms with Gasteiger partial charge in [-0.15, -0.1) is 0 Å². The number of amides is 1. The van der Waals surface area contributed by atoms with Crippen LogP contribution in [-0.2, 0) is 11.3 Å². The first-order valence-electron chi connectivity index (χ1n) is 11.1. The molecule has 2 N–H and O–H groups in total. The number of thiocarbonyl (C=S) groups is 1. The summed E-state index contributed by atoms with van der Waals surface area (Å²) in [7, 11) is 0. The Morgan fingerprint density at radius 1 is 1.07 bits per heavy atom. The number of rotatable bonds is 3. The highest BCUT2D eigenvalue weighted by molar-refractivity contribution is 7.80. The van der Waals surface area contributed by atoms with E-state index in [-0.39, 0.29) is 18.0 Å². The summed E-state index contributed by atoms with van der Waals surface area (Å²) in [6.45, 7) is 2.63. The Morgan fingerprint density at radius 2 is 1.83 bits per heavy atom. The molecule has 3 heterocycles. The van der Waals surface area contributed by atoms with Crippen LogP contribution in [0.5, 0.6) is 0 Å². The van der Waals surface area contributed by atoms with Crippen LogP contribution < -0.4 is 16.2 Å². The maximum atomic E-state index is 12.4. The van der Waals surface area contributed by atoms with Crippen molar-refractivity contribution in [3.8, 4) is 0 Å². The largest absolute Gasteiger partial charge is 0.354 e. The number of hydrogen-bond acceptors (Lipinski definition) is 3. The van der Waals surface area contributed by atoms with Crippen LogP contribution in [-0.4, -0.2) is 46.2 Å².